The smallest absolute Gasteiger partial charge is 0.269 e. The van der Waals surface area contributed by atoms with Gasteiger partial charge in [-0.2, -0.15) is 0 Å². The van der Waals surface area contributed by atoms with Gasteiger partial charge in [-0.05, 0) is 27.4 Å². The van der Waals surface area contributed by atoms with E-state index in [0.717, 1.165) is 12.5 Å². The molecule has 0 aromatic heterocycles. The lowest BCUT2D eigenvalue weighted by atomic mass is 9.87. The van der Waals surface area contributed by atoms with Crippen LogP contribution in [0.4, 0.5) is 0 Å². The predicted octanol–water partition coefficient (Wildman–Crippen LogP) is -0.652. The van der Waals surface area contributed by atoms with Crippen molar-refractivity contribution in [3.05, 3.63) is 23.9 Å². The van der Waals surface area contributed by atoms with Crippen molar-refractivity contribution in [3.63, 3.8) is 0 Å². The second-order valence-electron chi connectivity index (χ2n) is 6.37. The van der Waals surface area contributed by atoms with Gasteiger partial charge in [-0.1, -0.05) is 6.08 Å². The van der Waals surface area contributed by atoms with Crippen molar-refractivity contribution in [1.82, 2.24) is 14.7 Å². The van der Waals surface area contributed by atoms with Crippen LogP contribution in [-0.2, 0) is 14.4 Å². The molecule has 2 amide bonds. The second-order valence-corrected chi connectivity index (χ2v) is 6.37. The molecule has 0 aromatic rings. The summed E-state index contributed by atoms with van der Waals surface area (Å²) in [7, 11) is 3.88. The lowest BCUT2D eigenvalue weighted by Gasteiger charge is -2.55. The molecular formula is C16H24N4O3. The van der Waals surface area contributed by atoms with Gasteiger partial charge in [0.2, 0.25) is 5.91 Å². The van der Waals surface area contributed by atoms with Gasteiger partial charge in [-0.25, -0.2) is 0 Å². The van der Waals surface area contributed by atoms with Crippen molar-refractivity contribution >= 4 is 17.6 Å². The van der Waals surface area contributed by atoms with Gasteiger partial charge in [0.15, 0.2) is 5.78 Å². The van der Waals surface area contributed by atoms with Gasteiger partial charge < -0.3 is 20.4 Å². The molecular weight excluding hydrogens is 296 g/mol. The minimum Gasteiger partial charge on any atom is -0.394 e. The molecule has 0 radical (unpaired) electrons. The molecule has 7 heteroatoms. The molecule has 23 heavy (non-hydrogen) atoms. The summed E-state index contributed by atoms with van der Waals surface area (Å²) in [6, 6.07) is 0.0821. The number of fused-ring (bicyclic) bond motifs is 2. The fourth-order valence-corrected chi connectivity index (χ4v) is 3.05. The molecule has 7 nitrogen and oxygen atoms in total. The molecule has 126 valence electrons. The normalized spacial score (nSPS) is 24.1. The molecule has 3 rings (SSSR count). The van der Waals surface area contributed by atoms with Crippen molar-refractivity contribution < 1.29 is 14.4 Å². The Hall–Kier alpha value is -2.15. The first-order valence-electron chi connectivity index (χ1n) is 7.70. The van der Waals surface area contributed by atoms with Crippen LogP contribution in [0.2, 0.25) is 0 Å². The van der Waals surface area contributed by atoms with Crippen LogP contribution in [-0.4, -0.2) is 78.1 Å². The lowest BCUT2D eigenvalue weighted by Crippen LogP contribution is -2.70. The summed E-state index contributed by atoms with van der Waals surface area (Å²) in [5.74, 6) is -0.585. The molecule has 0 spiro atoms. The quantitative estimate of drug-likeness (QED) is 0.680. The first kappa shape index (κ1) is 17.2. The van der Waals surface area contributed by atoms with Gasteiger partial charge >= 0.3 is 0 Å². The molecule has 2 bridgehead atoms. The van der Waals surface area contributed by atoms with E-state index in [-0.39, 0.29) is 35.4 Å². The third-order valence-electron chi connectivity index (χ3n) is 4.07. The number of piperidine rings is 1. The molecule has 3 aliphatic heterocycles. The molecule has 2 unspecified atom stereocenters. The highest BCUT2D eigenvalue weighted by Crippen LogP contribution is 2.32. The van der Waals surface area contributed by atoms with Crippen LogP contribution < -0.4 is 5.73 Å². The fraction of sp³-hybridized carbons (Fsp3) is 0.562. The maximum absolute atomic E-state index is 12.2. The lowest BCUT2D eigenvalue weighted by molar-refractivity contribution is -0.155. The zero-order valence-electron chi connectivity index (χ0n) is 13.9. The number of hydrogen-bond acceptors (Lipinski definition) is 5. The Morgan fingerprint density at radius 2 is 1.83 bits per heavy atom. The van der Waals surface area contributed by atoms with E-state index in [1.54, 1.807) is 11.0 Å². The van der Waals surface area contributed by atoms with Crippen LogP contribution in [0.15, 0.2) is 23.9 Å². The summed E-state index contributed by atoms with van der Waals surface area (Å²) in [4.78, 5) is 40.8. The number of piperazine rings is 1. The van der Waals surface area contributed by atoms with E-state index in [0.29, 0.717) is 19.6 Å². The van der Waals surface area contributed by atoms with E-state index in [2.05, 4.69) is 0 Å². The molecule has 3 saturated heterocycles. The zero-order valence-corrected chi connectivity index (χ0v) is 13.9. The monoisotopic (exact) mass is 320 g/mol. The van der Waals surface area contributed by atoms with Crippen molar-refractivity contribution in [3.8, 4) is 0 Å². The standard InChI is InChI=1S/C16H24N4O3/c1-11(21)7-14(17)16(23)19-9-12-8-13(10-19)20(12)15(22)5-4-6-18(2)3/h4-5,7,12-13H,6,8-10,17H2,1-3H3/b5-4+,14-7-. The average molecular weight is 320 g/mol. The number of rotatable bonds is 5. The first-order chi connectivity index (χ1) is 10.8. The van der Waals surface area contributed by atoms with Gasteiger partial charge in [0.1, 0.15) is 5.70 Å². The van der Waals surface area contributed by atoms with Crippen molar-refractivity contribution in [1.29, 1.82) is 0 Å². The minimum atomic E-state index is -0.329. The third kappa shape index (κ3) is 3.98. The van der Waals surface area contributed by atoms with Crippen molar-refractivity contribution in [2.75, 3.05) is 33.7 Å². The summed E-state index contributed by atoms with van der Waals surface area (Å²) in [5, 5.41) is 0. The number of allylic oxidation sites excluding steroid dienone is 1. The number of nitrogens with two attached hydrogens (primary N) is 1. The number of amides is 2. The van der Waals surface area contributed by atoms with E-state index in [1.165, 1.54) is 6.92 Å². The van der Waals surface area contributed by atoms with E-state index in [1.807, 2.05) is 30.0 Å². The largest absolute Gasteiger partial charge is 0.394 e. The van der Waals surface area contributed by atoms with Gasteiger partial charge in [-0.15, -0.1) is 0 Å². The van der Waals surface area contributed by atoms with Crippen LogP contribution >= 0.6 is 0 Å². The average Bonchev–Trinajstić information content (AvgIpc) is 2.45. The van der Waals surface area contributed by atoms with Gasteiger partial charge in [0.05, 0.1) is 12.1 Å². The summed E-state index contributed by atoms with van der Waals surface area (Å²) in [6.45, 7) is 3.00. The summed E-state index contributed by atoms with van der Waals surface area (Å²) >= 11 is 0. The Kier molecular flexibility index (Phi) is 5.20. The van der Waals surface area contributed by atoms with Gasteiger partial charge in [-0.3, -0.25) is 14.4 Å². The van der Waals surface area contributed by atoms with Crippen LogP contribution in [0.5, 0.6) is 0 Å². The Morgan fingerprint density at radius 1 is 1.22 bits per heavy atom. The third-order valence-corrected chi connectivity index (χ3v) is 4.07. The van der Waals surface area contributed by atoms with Crippen LogP contribution in [0.25, 0.3) is 0 Å². The van der Waals surface area contributed by atoms with Crippen molar-refractivity contribution in [2.45, 2.75) is 25.4 Å². The number of hydrogen-bond donors (Lipinski definition) is 1. The van der Waals surface area contributed by atoms with E-state index in [9.17, 15) is 14.4 Å². The molecule has 2 N–H and O–H groups in total. The zero-order chi connectivity index (χ0) is 17.1. The van der Waals surface area contributed by atoms with Gasteiger partial charge in [0, 0.05) is 31.8 Å². The van der Waals surface area contributed by atoms with E-state index >= 15 is 0 Å². The molecule has 0 saturated carbocycles. The molecule has 3 heterocycles. The number of ketones is 1. The van der Waals surface area contributed by atoms with Crippen LogP contribution in [0, 0.1) is 0 Å². The minimum absolute atomic E-state index is 0.00699. The number of nitrogens with zero attached hydrogens (tertiary/aromatic N) is 3. The Labute approximate surface area is 136 Å². The SMILES string of the molecule is CC(=O)/C=C(\N)C(=O)N1CC2CC(C1)N2C(=O)/C=C/CN(C)C. The van der Waals surface area contributed by atoms with Crippen LogP contribution in [0.1, 0.15) is 13.3 Å². The number of carbonyl (C=O) groups excluding carboxylic acids is 3. The fourth-order valence-electron chi connectivity index (χ4n) is 3.05. The maximum Gasteiger partial charge on any atom is 0.269 e. The summed E-state index contributed by atoms with van der Waals surface area (Å²) < 4.78 is 0. The Balaban J connectivity index is 1.92. The van der Waals surface area contributed by atoms with Crippen molar-refractivity contribution in [2.24, 2.45) is 5.73 Å². The highest BCUT2D eigenvalue weighted by Gasteiger charge is 2.47. The maximum atomic E-state index is 12.2. The summed E-state index contributed by atoms with van der Waals surface area (Å²) in [6.07, 6.45) is 5.50. The highest BCUT2D eigenvalue weighted by atomic mass is 16.2. The topological polar surface area (TPSA) is 87.0 Å². The Bertz CT molecular complexity index is 556. The first-order valence-corrected chi connectivity index (χ1v) is 7.70. The van der Waals surface area contributed by atoms with Gasteiger partial charge in [0.25, 0.3) is 5.91 Å². The number of likely N-dealkylation sites (N-methyl/N-ethyl adjacent to an activating group) is 1. The van der Waals surface area contributed by atoms with E-state index < -0.39 is 0 Å². The van der Waals surface area contributed by atoms with E-state index in [4.69, 9.17) is 5.73 Å². The molecule has 3 aliphatic rings. The predicted molar refractivity (Wildman–Crippen MR) is 86.3 cm³/mol. The highest BCUT2D eigenvalue weighted by molar-refractivity contribution is 6.00. The Morgan fingerprint density at radius 3 is 2.35 bits per heavy atom. The molecule has 2 atom stereocenters. The number of carbonyl (C=O) groups is 3. The molecule has 0 aromatic carbocycles. The second kappa shape index (κ2) is 6.95. The molecule has 0 aliphatic carbocycles. The van der Waals surface area contributed by atoms with Crippen LogP contribution in [0.3, 0.4) is 0 Å². The summed E-state index contributed by atoms with van der Waals surface area (Å²) in [5.41, 5.74) is 5.61. The molecule has 3 fully saturated rings.